The summed E-state index contributed by atoms with van der Waals surface area (Å²) in [5.41, 5.74) is 4.71. The fourth-order valence-corrected chi connectivity index (χ4v) is 3.07. The summed E-state index contributed by atoms with van der Waals surface area (Å²) < 4.78 is 7.46. The zero-order chi connectivity index (χ0) is 18.5. The summed E-state index contributed by atoms with van der Waals surface area (Å²) in [6, 6.07) is 20.1. The minimum absolute atomic E-state index is 0.293. The molecule has 26 heavy (non-hydrogen) atoms. The summed E-state index contributed by atoms with van der Waals surface area (Å²) in [6.45, 7) is 6.87. The van der Waals surface area contributed by atoms with Gasteiger partial charge in [0, 0.05) is 17.9 Å². The smallest absolute Gasteiger partial charge is 0.342 e. The molecule has 3 aromatic rings. The van der Waals surface area contributed by atoms with Crippen LogP contribution in [-0.4, -0.2) is 17.1 Å². The SMILES string of the molecule is CCOC(=O)c1c(C)c(C)n(Cc2ccccc2)c1Nc1ccccc1. The lowest BCUT2D eigenvalue weighted by atomic mass is 10.1. The molecule has 4 nitrogen and oxygen atoms in total. The van der Waals surface area contributed by atoms with Crippen LogP contribution in [0.2, 0.25) is 0 Å². The zero-order valence-corrected chi connectivity index (χ0v) is 15.5. The van der Waals surface area contributed by atoms with Gasteiger partial charge in [-0.25, -0.2) is 4.79 Å². The fourth-order valence-electron chi connectivity index (χ4n) is 3.07. The Hall–Kier alpha value is -3.01. The van der Waals surface area contributed by atoms with Gasteiger partial charge in [0.05, 0.1) is 6.61 Å². The second-order valence-electron chi connectivity index (χ2n) is 6.22. The number of anilines is 2. The number of hydrogen-bond donors (Lipinski definition) is 1. The van der Waals surface area contributed by atoms with Crippen LogP contribution in [-0.2, 0) is 11.3 Å². The molecule has 3 rings (SSSR count). The van der Waals surface area contributed by atoms with Crippen LogP contribution in [0.25, 0.3) is 0 Å². The molecule has 4 heteroatoms. The summed E-state index contributed by atoms with van der Waals surface area (Å²) in [5.74, 6) is 0.479. The molecular formula is C22H24N2O2. The first-order valence-corrected chi connectivity index (χ1v) is 8.84. The standard InChI is InChI=1S/C22H24N2O2/c1-4-26-22(25)20-16(2)17(3)24(15-18-11-7-5-8-12-18)21(20)23-19-13-9-6-10-14-19/h5-14,23H,4,15H2,1-3H3. The van der Waals surface area contributed by atoms with E-state index in [1.54, 1.807) is 0 Å². The molecule has 0 unspecified atom stereocenters. The Bertz CT molecular complexity index is 884. The zero-order valence-electron chi connectivity index (χ0n) is 15.5. The Morgan fingerprint density at radius 2 is 1.62 bits per heavy atom. The van der Waals surface area contributed by atoms with E-state index in [0.717, 1.165) is 22.8 Å². The third-order valence-electron chi connectivity index (χ3n) is 4.53. The van der Waals surface area contributed by atoms with Crippen molar-refractivity contribution in [2.45, 2.75) is 27.3 Å². The molecule has 0 aliphatic heterocycles. The average Bonchev–Trinajstić information content (AvgIpc) is 2.88. The lowest BCUT2D eigenvalue weighted by Gasteiger charge is -2.15. The van der Waals surface area contributed by atoms with Gasteiger partial charge in [-0.3, -0.25) is 0 Å². The predicted octanol–water partition coefficient (Wildman–Crippen LogP) is 5.07. The molecule has 0 amide bonds. The van der Waals surface area contributed by atoms with Crippen LogP contribution in [0.3, 0.4) is 0 Å². The third kappa shape index (κ3) is 3.64. The first-order chi connectivity index (χ1) is 12.6. The number of esters is 1. The molecule has 2 aromatic carbocycles. The van der Waals surface area contributed by atoms with Crippen molar-refractivity contribution in [3.05, 3.63) is 83.0 Å². The lowest BCUT2D eigenvalue weighted by Crippen LogP contribution is -2.11. The molecule has 0 spiro atoms. The minimum Gasteiger partial charge on any atom is -0.462 e. The van der Waals surface area contributed by atoms with Gasteiger partial charge >= 0.3 is 5.97 Å². The molecule has 134 valence electrons. The van der Waals surface area contributed by atoms with E-state index in [1.165, 1.54) is 5.56 Å². The number of rotatable bonds is 6. The van der Waals surface area contributed by atoms with Gasteiger partial charge in [0.25, 0.3) is 0 Å². The van der Waals surface area contributed by atoms with E-state index in [-0.39, 0.29) is 5.97 Å². The summed E-state index contributed by atoms with van der Waals surface area (Å²) in [4.78, 5) is 12.6. The van der Waals surface area contributed by atoms with E-state index >= 15 is 0 Å². The highest BCUT2D eigenvalue weighted by Crippen LogP contribution is 2.31. The Morgan fingerprint density at radius 1 is 1.00 bits per heavy atom. The van der Waals surface area contributed by atoms with Crippen molar-refractivity contribution in [1.29, 1.82) is 0 Å². The van der Waals surface area contributed by atoms with Crippen LogP contribution < -0.4 is 5.32 Å². The molecule has 0 aliphatic rings. The number of hydrogen-bond acceptors (Lipinski definition) is 3. The summed E-state index contributed by atoms with van der Waals surface area (Å²) in [7, 11) is 0. The van der Waals surface area contributed by atoms with Crippen molar-refractivity contribution in [3.63, 3.8) is 0 Å². The van der Waals surface area contributed by atoms with Crippen molar-refractivity contribution < 1.29 is 9.53 Å². The normalized spacial score (nSPS) is 10.6. The maximum absolute atomic E-state index is 12.6. The molecule has 0 atom stereocenters. The highest BCUT2D eigenvalue weighted by Gasteiger charge is 2.24. The molecule has 1 N–H and O–H groups in total. The number of ether oxygens (including phenoxy) is 1. The summed E-state index contributed by atoms with van der Waals surface area (Å²) in [6.07, 6.45) is 0. The van der Waals surface area contributed by atoms with E-state index < -0.39 is 0 Å². The first kappa shape index (κ1) is 17.8. The van der Waals surface area contributed by atoms with E-state index in [4.69, 9.17) is 4.74 Å². The van der Waals surface area contributed by atoms with E-state index in [0.29, 0.717) is 18.7 Å². The minimum atomic E-state index is -0.293. The van der Waals surface area contributed by atoms with Gasteiger partial charge in [-0.1, -0.05) is 48.5 Å². The maximum atomic E-state index is 12.6. The number of nitrogens with one attached hydrogen (secondary N) is 1. The van der Waals surface area contributed by atoms with Gasteiger partial charge in [0.15, 0.2) is 0 Å². The molecule has 1 aromatic heterocycles. The molecule has 0 bridgehead atoms. The molecule has 0 aliphatic carbocycles. The monoisotopic (exact) mass is 348 g/mol. The molecule has 0 radical (unpaired) electrons. The Balaban J connectivity index is 2.09. The van der Waals surface area contributed by atoms with Crippen LogP contribution in [0.1, 0.15) is 34.1 Å². The average molecular weight is 348 g/mol. The molecule has 0 saturated carbocycles. The third-order valence-corrected chi connectivity index (χ3v) is 4.53. The number of carbonyl (C=O) groups is 1. The second-order valence-corrected chi connectivity index (χ2v) is 6.22. The largest absolute Gasteiger partial charge is 0.462 e. The van der Waals surface area contributed by atoms with E-state index in [9.17, 15) is 4.79 Å². The van der Waals surface area contributed by atoms with Crippen LogP contribution in [0, 0.1) is 13.8 Å². The van der Waals surface area contributed by atoms with Gasteiger partial charge in [0.1, 0.15) is 11.4 Å². The Kier molecular flexibility index (Phi) is 5.42. The van der Waals surface area contributed by atoms with E-state index in [1.807, 2.05) is 69.3 Å². The van der Waals surface area contributed by atoms with Gasteiger partial charge in [-0.2, -0.15) is 0 Å². The number of carbonyl (C=O) groups excluding carboxylic acids is 1. The van der Waals surface area contributed by atoms with E-state index in [2.05, 4.69) is 22.0 Å². The predicted molar refractivity (Wildman–Crippen MR) is 105 cm³/mol. The van der Waals surface area contributed by atoms with Gasteiger partial charge < -0.3 is 14.6 Å². The Labute approximate surface area is 154 Å². The first-order valence-electron chi connectivity index (χ1n) is 8.84. The fraction of sp³-hybridized carbons (Fsp3) is 0.227. The molecular weight excluding hydrogens is 324 g/mol. The number of benzene rings is 2. The number of para-hydroxylation sites is 1. The highest BCUT2D eigenvalue weighted by atomic mass is 16.5. The van der Waals surface area contributed by atoms with Crippen molar-refractivity contribution in [2.24, 2.45) is 0 Å². The van der Waals surface area contributed by atoms with Gasteiger partial charge in [-0.05, 0) is 44.0 Å². The summed E-state index contributed by atoms with van der Waals surface area (Å²) in [5, 5.41) is 3.42. The summed E-state index contributed by atoms with van der Waals surface area (Å²) >= 11 is 0. The quantitative estimate of drug-likeness (QED) is 0.632. The lowest BCUT2D eigenvalue weighted by molar-refractivity contribution is 0.0527. The van der Waals surface area contributed by atoms with Crippen LogP contribution in [0.5, 0.6) is 0 Å². The Morgan fingerprint density at radius 3 is 2.23 bits per heavy atom. The number of aromatic nitrogens is 1. The van der Waals surface area contributed by atoms with Crippen molar-refractivity contribution in [2.75, 3.05) is 11.9 Å². The highest BCUT2D eigenvalue weighted by molar-refractivity contribution is 5.98. The van der Waals surface area contributed by atoms with Crippen LogP contribution in [0.15, 0.2) is 60.7 Å². The second kappa shape index (κ2) is 7.91. The maximum Gasteiger partial charge on any atom is 0.342 e. The van der Waals surface area contributed by atoms with Crippen LogP contribution >= 0.6 is 0 Å². The van der Waals surface area contributed by atoms with Crippen LogP contribution in [0.4, 0.5) is 11.5 Å². The molecule has 0 fully saturated rings. The van der Waals surface area contributed by atoms with Gasteiger partial charge in [0.2, 0.25) is 0 Å². The van der Waals surface area contributed by atoms with Crippen molar-refractivity contribution in [3.8, 4) is 0 Å². The van der Waals surface area contributed by atoms with Crippen molar-refractivity contribution >= 4 is 17.5 Å². The molecule has 1 heterocycles. The molecule has 0 saturated heterocycles. The van der Waals surface area contributed by atoms with Crippen molar-refractivity contribution in [1.82, 2.24) is 4.57 Å². The number of nitrogens with zero attached hydrogens (tertiary/aromatic N) is 1. The topological polar surface area (TPSA) is 43.3 Å². The van der Waals surface area contributed by atoms with Gasteiger partial charge in [-0.15, -0.1) is 0 Å².